The quantitative estimate of drug-likeness (QED) is 0.630. The Morgan fingerprint density at radius 1 is 1.15 bits per heavy atom. The van der Waals surface area contributed by atoms with Gasteiger partial charge in [0.25, 0.3) is 0 Å². The molecule has 114 valence electrons. The van der Waals surface area contributed by atoms with E-state index < -0.39 is 0 Å². The fraction of sp³-hybridized carbons (Fsp3) is 0.769. The van der Waals surface area contributed by atoms with E-state index in [9.17, 15) is 0 Å². The molecule has 0 aromatic carbocycles. The van der Waals surface area contributed by atoms with Crippen molar-refractivity contribution in [2.45, 2.75) is 39.2 Å². The summed E-state index contributed by atoms with van der Waals surface area (Å²) in [5.41, 5.74) is 0. The molecule has 0 aliphatic carbocycles. The van der Waals surface area contributed by atoms with Crippen molar-refractivity contribution in [1.29, 1.82) is 0 Å². The minimum atomic E-state index is 0.151. The van der Waals surface area contributed by atoms with Crippen molar-refractivity contribution < 1.29 is 5.11 Å². The van der Waals surface area contributed by atoms with Gasteiger partial charge in [-0.15, -0.1) is 0 Å². The molecular weight excluding hydrogens is 256 g/mol. The van der Waals surface area contributed by atoms with E-state index in [-0.39, 0.29) is 12.6 Å². The summed E-state index contributed by atoms with van der Waals surface area (Å²) in [4.78, 5) is 14.9. The van der Waals surface area contributed by atoms with Crippen LogP contribution in [-0.2, 0) is 0 Å². The third kappa shape index (κ3) is 5.16. The first-order valence-corrected chi connectivity index (χ1v) is 7.15. The van der Waals surface area contributed by atoms with Gasteiger partial charge in [-0.25, -0.2) is 0 Å². The average Bonchev–Trinajstić information content (AvgIpc) is 2.44. The van der Waals surface area contributed by atoms with Crippen LogP contribution >= 0.6 is 0 Å². The Balaban J connectivity index is 2.89. The normalized spacial score (nSPS) is 12.1. The highest BCUT2D eigenvalue weighted by Crippen LogP contribution is 2.13. The molecule has 1 atom stereocenters. The maximum absolute atomic E-state index is 9.05. The molecule has 1 rings (SSSR count). The van der Waals surface area contributed by atoms with Gasteiger partial charge in [0.1, 0.15) is 0 Å². The molecule has 0 amide bonds. The van der Waals surface area contributed by atoms with Gasteiger partial charge in [0.2, 0.25) is 17.8 Å². The Bertz CT molecular complexity index is 398. The predicted molar refractivity (Wildman–Crippen MR) is 82.3 cm³/mol. The van der Waals surface area contributed by atoms with Crippen molar-refractivity contribution in [2.75, 3.05) is 42.8 Å². The average molecular weight is 282 g/mol. The van der Waals surface area contributed by atoms with E-state index in [0.29, 0.717) is 24.3 Å². The zero-order chi connectivity index (χ0) is 15.0. The van der Waals surface area contributed by atoms with Crippen LogP contribution in [0.4, 0.5) is 17.8 Å². The van der Waals surface area contributed by atoms with Gasteiger partial charge in [-0.3, -0.25) is 0 Å². The van der Waals surface area contributed by atoms with E-state index in [4.69, 9.17) is 5.11 Å². The molecule has 1 unspecified atom stereocenters. The molecule has 1 aromatic heterocycles. The third-order valence-electron chi connectivity index (χ3n) is 2.86. The molecule has 7 heteroatoms. The zero-order valence-corrected chi connectivity index (χ0v) is 12.8. The minimum absolute atomic E-state index is 0.151. The highest BCUT2D eigenvalue weighted by Gasteiger charge is 2.11. The van der Waals surface area contributed by atoms with Crippen molar-refractivity contribution in [2.24, 2.45) is 0 Å². The molecule has 0 saturated heterocycles. The molecular formula is C13H26N6O. The number of nitrogens with zero attached hydrogens (tertiary/aromatic N) is 4. The first-order valence-electron chi connectivity index (χ1n) is 7.15. The number of aliphatic hydroxyl groups is 1. The largest absolute Gasteiger partial charge is 0.396 e. The summed E-state index contributed by atoms with van der Waals surface area (Å²) in [5, 5.41) is 15.5. The summed E-state index contributed by atoms with van der Waals surface area (Å²) in [7, 11) is 3.79. The van der Waals surface area contributed by atoms with E-state index in [1.54, 1.807) is 0 Å². The van der Waals surface area contributed by atoms with Crippen molar-refractivity contribution >= 4 is 17.8 Å². The number of hydrogen-bond donors (Lipinski definition) is 3. The van der Waals surface area contributed by atoms with E-state index in [0.717, 1.165) is 19.4 Å². The summed E-state index contributed by atoms with van der Waals surface area (Å²) in [6.07, 6.45) is 2.59. The molecule has 1 heterocycles. The number of aliphatic hydroxyl groups excluding tert-OH is 1. The summed E-state index contributed by atoms with van der Waals surface area (Å²) in [5.74, 6) is 1.73. The Morgan fingerprint density at radius 2 is 1.85 bits per heavy atom. The van der Waals surface area contributed by atoms with E-state index >= 15 is 0 Å². The predicted octanol–water partition coefficient (Wildman–Crippen LogP) is 1.33. The highest BCUT2D eigenvalue weighted by molar-refractivity contribution is 5.43. The smallest absolute Gasteiger partial charge is 0.231 e. The molecule has 0 aliphatic rings. The van der Waals surface area contributed by atoms with Crippen molar-refractivity contribution in [3.05, 3.63) is 0 Å². The first kappa shape index (κ1) is 16.4. The van der Waals surface area contributed by atoms with E-state index in [1.807, 2.05) is 19.0 Å². The topological polar surface area (TPSA) is 86.2 Å². The molecule has 0 saturated carbocycles. The lowest BCUT2D eigenvalue weighted by Crippen LogP contribution is -2.23. The van der Waals surface area contributed by atoms with Gasteiger partial charge in [0.15, 0.2) is 0 Å². The van der Waals surface area contributed by atoms with Gasteiger partial charge < -0.3 is 20.6 Å². The maximum Gasteiger partial charge on any atom is 0.231 e. The van der Waals surface area contributed by atoms with E-state index in [1.165, 1.54) is 0 Å². The number of nitrogens with one attached hydrogen (secondary N) is 2. The Hall–Kier alpha value is -1.63. The van der Waals surface area contributed by atoms with Gasteiger partial charge in [-0.1, -0.05) is 13.8 Å². The lowest BCUT2D eigenvalue weighted by Gasteiger charge is -2.18. The first-order chi connectivity index (χ1) is 9.60. The fourth-order valence-corrected chi connectivity index (χ4v) is 1.66. The second-order valence-electron chi connectivity index (χ2n) is 4.87. The van der Waals surface area contributed by atoms with Gasteiger partial charge in [0.05, 0.1) is 0 Å². The van der Waals surface area contributed by atoms with Gasteiger partial charge in [-0.2, -0.15) is 15.0 Å². The van der Waals surface area contributed by atoms with Crippen molar-refractivity contribution in [3.63, 3.8) is 0 Å². The SMILES string of the molecule is CCCNc1nc(NC(CC)CCO)nc(N(C)C)n1. The van der Waals surface area contributed by atoms with E-state index in [2.05, 4.69) is 39.4 Å². The lowest BCUT2D eigenvalue weighted by atomic mass is 10.2. The second-order valence-corrected chi connectivity index (χ2v) is 4.87. The van der Waals surface area contributed by atoms with Gasteiger partial charge in [0, 0.05) is 33.3 Å². The van der Waals surface area contributed by atoms with Crippen LogP contribution < -0.4 is 15.5 Å². The van der Waals surface area contributed by atoms with Crippen LogP contribution in [0.5, 0.6) is 0 Å². The third-order valence-corrected chi connectivity index (χ3v) is 2.86. The van der Waals surface area contributed by atoms with Crippen LogP contribution in [0.2, 0.25) is 0 Å². The maximum atomic E-state index is 9.05. The number of aromatic nitrogens is 3. The van der Waals surface area contributed by atoms with Crippen LogP contribution in [0.15, 0.2) is 0 Å². The standard InChI is InChI=1S/C13H26N6O/c1-5-8-14-11-16-12(15-10(6-2)7-9-20)18-13(17-11)19(3)4/h10,20H,5-9H2,1-4H3,(H2,14,15,16,17,18). The zero-order valence-electron chi connectivity index (χ0n) is 12.8. The van der Waals surface area contributed by atoms with Crippen LogP contribution in [0.25, 0.3) is 0 Å². The lowest BCUT2D eigenvalue weighted by molar-refractivity contribution is 0.278. The summed E-state index contributed by atoms with van der Waals surface area (Å²) < 4.78 is 0. The summed E-state index contributed by atoms with van der Waals surface area (Å²) >= 11 is 0. The molecule has 0 spiro atoms. The van der Waals surface area contributed by atoms with Crippen LogP contribution in [0.3, 0.4) is 0 Å². The number of rotatable bonds is 9. The fourth-order valence-electron chi connectivity index (χ4n) is 1.66. The molecule has 20 heavy (non-hydrogen) atoms. The highest BCUT2D eigenvalue weighted by atomic mass is 16.3. The summed E-state index contributed by atoms with van der Waals surface area (Å²) in [6.45, 7) is 5.13. The molecule has 1 aromatic rings. The molecule has 7 nitrogen and oxygen atoms in total. The Kier molecular flexibility index (Phi) is 7.00. The number of anilines is 3. The van der Waals surface area contributed by atoms with Crippen LogP contribution in [-0.4, -0.2) is 53.3 Å². The van der Waals surface area contributed by atoms with Crippen LogP contribution in [0, 0.1) is 0 Å². The number of hydrogen-bond acceptors (Lipinski definition) is 7. The minimum Gasteiger partial charge on any atom is -0.396 e. The van der Waals surface area contributed by atoms with Crippen LogP contribution in [0.1, 0.15) is 33.1 Å². The van der Waals surface area contributed by atoms with Crippen molar-refractivity contribution in [1.82, 2.24) is 15.0 Å². The molecule has 0 radical (unpaired) electrons. The second kappa shape index (κ2) is 8.52. The van der Waals surface area contributed by atoms with Gasteiger partial charge >= 0.3 is 0 Å². The molecule has 3 N–H and O–H groups in total. The van der Waals surface area contributed by atoms with Gasteiger partial charge in [-0.05, 0) is 19.3 Å². The summed E-state index contributed by atoms with van der Waals surface area (Å²) in [6, 6.07) is 0.163. The molecule has 0 bridgehead atoms. The Labute approximate surface area is 120 Å². The monoisotopic (exact) mass is 282 g/mol. The Morgan fingerprint density at radius 3 is 2.40 bits per heavy atom. The van der Waals surface area contributed by atoms with Crippen molar-refractivity contribution in [3.8, 4) is 0 Å². The molecule has 0 fully saturated rings. The molecule has 0 aliphatic heterocycles.